The van der Waals surface area contributed by atoms with Gasteiger partial charge >= 0.3 is 5.97 Å². The molecule has 92 valence electrons. The highest BCUT2D eigenvalue weighted by Gasteiger charge is 2.40. The largest absolute Gasteiger partial charge is 0.480 e. The van der Waals surface area contributed by atoms with Gasteiger partial charge in [0.05, 0.1) is 0 Å². The molecular weight excluding hydrogens is 210 g/mol. The molecule has 5 nitrogen and oxygen atoms in total. The molecule has 2 unspecified atom stereocenters. The van der Waals surface area contributed by atoms with Crippen LogP contribution in [0.3, 0.4) is 0 Å². The van der Waals surface area contributed by atoms with Crippen LogP contribution < -0.4 is 5.32 Å². The van der Waals surface area contributed by atoms with E-state index in [1.807, 2.05) is 0 Å². The number of carboxylic acid groups (broad SMARTS) is 1. The molecule has 0 saturated carbocycles. The topological polar surface area (TPSA) is 75.6 Å². The summed E-state index contributed by atoms with van der Waals surface area (Å²) < 4.78 is 5.22. The van der Waals surface area contributed by atoms with Gasteiger partial charge in [-0.1, -0.05) is 13.8 Å². The van der Waals surface area contributed by atoms with Gasteiger partial charge in [0.15, 0.2) is 0 Å². The van der Waals surface area contributed by atoms with Crippen molar-refractivity contribution < 1.29 is 19.4 Å². The molecule has 1 aliphatic rings. The highest BCUT2D eigenvalue weighted by molar-refractivity contribution is 5.89. The van der Waals surface area contributed by atoms with E-state index in [1.54, 1.807) is 13.8 Å². The number of nitrogens with one attached hydrogen (secondary N) is 1. The quantitative estimate of drug-likeness (QED) is 0.747. The minimum Gasteiger partial charge on any atom is -0.480 e. The van der Waals surface area contributed by atoms with Gasteiger partial charge in [-0.25, -0.2) is 4.79 Å². The first-order valence-electron chi connectivity index (χ1n) is 5.55. The van der Waals surface area contributed by atoms with Crippen LogP contribution in [-0.2, 0) is 14.3 Å². The van der Waals surface area contributed by atoms with E-state index in [0.717, 1.165) is 6.42 Å². The SMILES string of the molecule is CC(C)C(C)(NC(=O)C1CCCO1)C(=O)O. The summed E-state index contributed by atoms with van der Waals surface area (Å²) in [6.45, 7) is 5.63. The van der Waals surface area contributed by atoms with Crippen molar-refractivity contribution >= 4 is 11.9 Å². The van der Waals surface area contributed by atoms with Crippen LogP contribution in [0.2, 0.25) is 0 Å². The predicted octanol–water partition coefficient (Wildman–Crippen LogP) is 0.781. The first kappa shape index (κ1) is 13.0. The van der Waals surface area contributed by atoms with Gasteiger partial charge < -0.3 is 15.2 Å². The van der Waals surface area contributed by atoms with Crippen LogP contribution in [0.25, 0.3) is 0 Å². The third-order valence-corrected chi connectivity index (χ3v) is 3.20. The fourth-order valence-corrected chi connectivity index (χ4v) is 1.57. The summed E-state index contributed by atoms with van der Waals surface area (Å²) in [4.78, 5) is 22.9. The van der Waals surface area contributed by atoms with Gasteiger partial charge in [-0.3, -0.25) is 4.79 Å². The van der Waals surface area contributed by atoms with Crippen LogP contribution in [0.1, 0.15) is 33.6 Å². The molecule has 16 heavy (non-hydrogen) atoms. The van der Waals surface area contributed by atoms with Gasteiger partial charge in [-0.15, -0.1) is 0 Å². The van der Waals surface area contributed by atoms with E-state index in [2.05, 4.69) is 5.32 Å². The molecule has 0 aromatic rings. The van der Waals surface area contributed by atoms with Gasteiger partial charge in [0, 0.05) is 6.61 Å². The zero-order valence-corrected chi connectivity index (χ0v) is 9.95. The molecule has 2 atom stereocenters. The molecule has 1 fully saturated rings. The van der Waals surface area contributed by atoms with Crippen LogP contribution in [-0.4, -0.2) is 35.2 Å². The zero-order chi connectivity index (χ0) is 12.3. The maximum Gasteiger partial charge on any atom is 0.329 e. The number of carbonyl (C=O) groups is 2. The Bertz CT molecular complexity index is 284. The van der Waals surface area contributed by atoms with E-state index in [0.29, 0.717) is 13.0 Å². The van der Waals surface area contributed by atoms with Crippen LogP contribution in [0.15, 0.2) is 0 Å². The first-order chi connectivity index (χ1) is 7.38. The lowest BCUT2D eigenvalue weighted by molar-refractivity contribution is -0.150. The molecule has 0 bridgehead atoms. The second-order valence-corrected chi connectivity index (χ2v) is 4.65. The molecule has 0 aromatic heterocycles. The number of carboxylic acids is 1. The Morgan fingerprint density at radius 1 is 1.50 bits per heavy atom. The molecule has 0 aromatic carbocycles. The highest BCUT2D eigenvalue weighted by atomic mass is 16.5. The van der Waals surface area contributed by atoms with Crippen molar-refractivity contribution in [1.29, 1.82) is 0 Å². The Morgan fingerprint density at radius 3 is 2.50 bits per heavy atom. The van der Waals surface area contributed by atoms with Gasteiger partial charge in [-0.05, 0) is 25.7 Å². The number of amides is 1. The molecule has 5 heteroatoms. The summed E-state index contributed by atoms with van der Waals surface area (Å²) in [6, 6.07) is 0. The van der Waals surface area contributed by atoms with Crippen molar-refractivity contribution in [3.63, 3.8) is 0 Å². The Hall–Kier alpha value is -1.10. The molecule has 1 aliphatic heterocycles. The minimum atomic E-state index is -1.23. The lowest BCUT2D eigenvalue weighted by Crippen LogP contribution is -2.58. The lowest BCUT2D eigenvalue weighted by atomic mass is 9.88. The molecule has 0 aliphatic carbocycles. The number of aliphatic carboxylic acids is 1. The Balaban J connectivity index is 2.68. The van der Waals surface area contributed by atoms with E-state index < -0.39 is 17.6 Å². The van der Waals surface area contributed by atoms with Crippen LogP contribution in [0.5, 0.6) is 0 Å². The average molecular weight is 229 g/mol. The van der Waals surface area contributed by atoms with Crippen molar-refractivity contribution in [2.75, 3.05) is 6.61 Å². The van der Waals surface area contributed by atoms with Gasteiger partial charge in [0.1, 0.15) is 11.6 Å². The number of ether oxygens (including phenoxy) is 1. The Labute approximate surface area is 95.2 Å². The second kappa shape index (κ2) is 4.82. The summed E-state index contributed by atoms with van der Waals surface area (Å²) in [7, 11) is 0. The van der Waals surface area contributed by atoms with E-state index in [1.165, 1.54) is 6.92 Å². The molecule has 2 N–H and O–H groups in total. The standard InChI is InChI=1S/C11H19NO4/c1-7(2)11(3,10(14)15)12-9(13)8-5-4-6-16-8/h7-8H,4-6H2,1-3H3,(H,12,13)(H,14,15). The zero-order valence-electron chi connectivity index (χ0n) is 9.95. The summed E-state index contributed by atoms with van der Waals surface area (Å²) in [5, 5.41) is 11.7. The highest BCUT2D eigenvalue weighted by Crippen LogP contribution is 2.19. The fourth-order valence-electron chi connectivity index (χ4n) is 1.57. The third kappa shape index (κ3) is 2.52. The average Bonchev–Trinajstić information content (AvgIpc) is 2.69. The lowest BCUT2D eigenvalue weighted by Gasteiger charge is -2.31. The predicted molar refractivity (Wildman–Crippen MR) is 58.0 cm³/mol. The van der Waals surface area contributed by atoms with E-state index >= 15 is 0 Å². The van der Waals surface area contributed by atoms with Crippen molar-refractivity contribution in [1.82, 2.24) is 5.32 Å². The molecule has 0 spiro atoms. The molecule has 0 radical (unpaired) electrons. The number of hydrogen-bond acceptors (Lipinski definition) is 3. The molecule has 1 amide bonds. The molecule has 1 rings (SSSR count). The molecular formula is C11H19NO4. The van der Waals surface area contributed by atoms with Crippen molar-refractivity contribution in [3.05, 3.63) is 0 Å². The smallest absolute Gasteiger partial charge is 0.329 e. The molecule has 1 heterocycles. The van der Waals surface area contributed by atoms with Gasteiger partial charge in [0.2, 0.25) is 5.91 Å². The second-order valence-electron chi connectivity index (χ2n) is 4.65. The van der Waals surface area contributed by atoms with Gasteiger partial charge in [0.25, 0.3) is 0 Å². The Morgan fingerprint density at radius 2 is 2.12 bits per heavy atom. The number of rotatable bonds is 4. The van der Waals surface area contributed by atoms with Crippen molar-refractivity contribution in [3.8, 4) is 0 Å². The first-order valence-corrected chi connectivity index (χ1v) is 5.55. The maximum absolute atomic E-state index is 11.8. The van der Waals surface area contributed by atoms with E-state index in [9.17, 15) is 9.59 Å². The summed E-state index contributed by atoms with van der Waals surface area (Å²) in [5.41, 5.74) is -1.23. The summed E-state index contributed by atoms with van der Waals surface area (Å²) in [5.74, 6) is -1.53. The summed E-state index contributed by atoms with van der Waals surface area (Å²) >= 11 is 0. The van der Waals surface area contributed by atoms with Crippen LogP contribution >= 0.6 is 0 Å². The maximum atomic E-state index is 11.8. The monoisotopic (exact) mass is 229 g/mol. The number of carbonyl (C=O) groups excluding carboxylic acids is 1. The Kier molecular flexibility index (Phi) is 3.91. The van der Waals surface area contributed by atoms with E-state index in [4.69, 9.17) is 9.84 Å². The van der Waals surface area contributed by atoms with Crippen molar-refractivity contribution in [2.24, 2.45) is 5.92 Å². The van der Waals surface area contributed by atoms with Crippen LogP contribution in [0, 0.1) is 5.92 Å². The minimum absolute atomic E-state index is 0.185. The van der Waals surface area contributed by atoms with Gasteiger partial charge in [-0.2, -0.15) is 0 Å². The van der Waals surface area contributed by atoms with E-state index in [-0.39, 0.29) is 11.8 Å². The van der Waals surface area contributed by atoms with Crippen LogP contribution in [0.4, 0.5) is 0 Å². The normalized spacial score (nSPS) is 24.1. The summed E-state index contributed by atoms with van der Waals surface area (Å²) in [6.07, 6.45) is 1.03. The fraction of sp³-hybridized carbons (Fsp3) is 0.818. The number of hydrogen-bond donors (Lipinski definition) is 2. The van der Waals surface area contributed by atoms with Crippen molar-refractivity contribution in [2.45, 2.75) is 45.3 Å². The molecule has 1 saturated heterocycles. The third-order valence-electron chi connectivity index (χ3n) is 3.20.